The molecule has 8 nitrogen and oxygen atoms in total. The summed E-state index contributed by atoms with van der Waals surface area (Å²) in [5, 5.41) is 2.99. The zero-order chi connectivity index (χ0) is 36.4. The second kappa shape index (κ2) is 17.5. The Morgan fingerprint density at radius 1 is 0.920 bits per heavy atom. The number of likely N-dealkylation sites (N-methyl/N-ethyl adjacent to an activating group) is 2. The lowest BCUT2D eigenvalue weighted by Crippen LogP contribution is -2.56. The van der Waals surface area contributed by atoms with Crippen molar-refractivity contribution in [3.05, 3.63) is 108 Å². The van der Waals surface area contributed by atoms with Gasteiger partial charge in [0.05, 0.1) is 0 Å². The normalized spacial score (nSPS) is 16.3. The molecule has 1 aliphatic heterocycles. The molecule has 268 valence electrons. The van der Waals surface area contributed by atoms with Gasteiger partial charge in [-0.05, 0) is 93.6 Å². The fourth-order valence-corrected chi connectivity index (χ4v) is 6.32. The predicted molar refractivity (Wildman–Crippen MR) is 194 cm³/mol. The lowest BCUT2D eigenvalue weighted by Gasteiger charge is -2.34. The van der Waals surface area contributed by atoms with Crippen molar-refractivity contribution in [2.75, 3.05) is 34.2 Å². The van der Waals surface area contributed by atoms with E-state index in [2.05, 4.69) is 17.3 Å². The first kappa shape index (κ1) is 38.4. The molecule has 3 aromatic carbocycles. The van der Waals surface area contributed by atoms with Gasteiger partial charge in [0, 0.05) is 45.1 Å². The van der Waals surface area contributed by atoms with Crippen molar-refractivity contribution in [1.82, 2.24) is 20.0 Å². The number of rotatable bonds is 15. The first-order chi connectivity index (χ1) is 23.7. The van der Waals surface area contributed by atoms with Crippen LogP contribution in [0, 0.1) is 11.6 Å². The number of carbonyl (C=O) groups excluding carboxylic acids is 3. The highest BCUT2D eigenvalue weighted by molar-refractivity contribution is 5.95. The first-order valence-electron chi connectivity index (χ1n) is 17.3. The molecule has 0 radical (unpaired) electrons. The van der Waals surface area contributed by atoms with Gasteiger partial charge in [-0.2, -0.15) is 0 Å². The molecule has 1 heterocycles. The van der Waals surface area contributed by atoms with Gasteiger partial charge in [-0.3, -0.25) is 14.4 Å². The summed E-state index contributed by atoms with van der Waals surface area (Å²) in [5.74, 6) is -3.28. The molecule has 1 aliphatic rings. The Bertz CT molecular complexity index is 1620. The van der Waals surface area contributed by atoms with Gasteiger partial charge in [0.25, 0.3) is 0 Å². The van der Waals surface area contributed by atoms with E-state index in [0.717, 1.165) is 54.6 Å². The number of hydrogen-bond donors (Lipinski definition) is 2. The smallest absolute Gasteiger partial charge is 0.246 e. The van der Waals surface area contributed by atoms with Crippen molar-refractivity contribution in [2.24, 2.45) is 5.73 Å². The summed E-state index contributed by atoms with van der Waals surface area (Å²) >= 11 is 0. The van der Waals surface area contributed by atoms with Crippen LogP contribution < -0.4 is 11.1 Å². The van der Waals surface area contributed by atoms with E-state index in [4.69, 9.17) is 5.73 Å². The van der Waals surface area contributed by atoms with Crippen molar-refractivity contribution in [1.29, 1.82) is 0 Å². The van der Waals surface area contributed by atoms with Crippen LogP contribution in [-0.4, -0.2) is 90.3 Å². The second-order valence-electron chi connectivity index (χ2n) is 14.1. The maximum atomic E-state index is 14.5. The lowest BCUT2D eigenvalue weighted by atomic mass is 9.98. The molecule has 3 atom stereocenters. The van der Waals surface area contributed by atoms with Crippen molar-refractivity contribution in [3.63, 3.8) is 0 Å². The van der Waals surface area contributed by atoms with E-state index < -0.39 is 41.1 Å². The van der Waals surface area contributed by atoms with Crippen LogP contribution in [0.2, 0.25) is 0 Å². The van der Waals surface area contributed by atoms with Crippen LogP contribution in [0.25, 0.3) is 11.1 Å². The molecule has 3 N–H and O–H groups in total. The van der Waals surface area contributed by atoms with Crippen LogP contribution in [0.1, 0.15) is 50.7 Å². The van der Waals surface area contributed by atoms with Gasteiger partial charge < -0.3 is 25.8 Å². The molecular formula is C40H51F2N5O3. The number of carbonyl (C=O) groups is 3. The number of likely N-dealkylation sites (tertiary alicyclic amines) is 1. The fraction of sp³-hybridized carbons (Fsp3) is 0.425. The maximum Gasteiger partial charge on any atom is 0.246 e. The second-order valence-corrected chi connectivity index (χ2v) is 14.1. The molecule has 10 heteroatoms. The number of nitrogens with two attached hydrogens (primary N) is 1. The van der Waals surface area contributed by atoms with Crippen molar-refractivity contribution in [3.8, 4) is 11.1 Å². The van der Waals surface area contributed by atoms with Gasteiger partial charge in [0.1, 0.15) is 12.1 Å². The van der Waals surface area contributed by atoms with Gasteiger partial charge in [-0.1, -0.05) is 66.7 Å². The van der Waals surface area contributed by atoms with Crippen LogP contribution in [0.3, 0.4) is 0 Å². The molecule has 4 rings (SSSR count). The molecule has 0 saturated carbocycles. The number of nitrogens with zero attached hydrogens (tertiary/aromatic N) is 3. The maximum absolute atomic E-state index is 14.5. The lowest BCUT2D eigenvalue weighted by molar-refractivity contribution is -0.146. The molecule has 1 saturated heterocycles. The molecule has 3 aromatic rings. The minimum atomic E-state index is -1.05. The Morgan fingerprint density at radius 2 is 1.56 bits per heavy atom. The van der Waals surface area contributed by atoms with Gasteiger partial charge in [-0.15, -0.1) is 0 Å². The molecule has 1 fully saturated rings. The van der Waals surface area contributed by atoms with Crippen LogP contribution in [-0.2, 0) is 27.2 Å². The average molecular weight is 688 g/mol. The summed E-state index contributed by atoms with van der Waals surface area (Å²) in [6.07, 6.45) is 6.61. The highest BCUT2D eigenvalue weighted by atomic mass is 19.2. The van der Waals surface area contributed by atoms with E-state index in [1.165, 1.54) is 29.0 Å². The van der Waals surface area contributed by atoms with Gasteiger partial charge in [-0.25, -0.2) is 8.78 Å². The van der Waals surface area contributed by atoms with Crippen molar-refractivity contribution in [2.45, 2.75) is 76.0 Å². The van der Waals surface area contributed by atoms with Crippen LogP contribution in [0.15, 0.2) is 84.9 Å². The SMILES string of the molecule is CN1CCCC1CCNC(=O)[C@@H](Cc1ccc(F)c(F)c1)N(C)C(=O)[C@@H](Cc1ccc(-c2ccccc2)cc1)N(C)C(=O)/C=C/CC(C)(C)N. The van der Waals surface area contributed by atoms with Crippen molar-refractivity contribution >= 4 is 17.7 Å². The Hall–Kier alpha value is -4.41. The van der Waals surface area contributed by atoms with Crippen molar-refractivity contribution < 1.29 is 23.2 Å². The highest BCUT2D eigenvalue weighted by Crippen LogP contribution is 2.22. The van der Waals surface area contributed by atoms with E-state index >= 15 is 0 Å². The van der Waals surface area contributed by atoms with E-state index in [1.807, 2.05) is 68.4 Å². The molecule has 0 bridgehead atoms. The third kappa shape index (κ3) is 10.8. The summed E-state index contributed by atoms with van der Waals surface area (Å²) < 4.78 is 28.1. The van der Waals surface area contributed by atoms with E-state index in [9.17, 15) is 23.2 Å². The van der Waals surface area contributed by atoms with Crippen LogP contribution >= 0.6 is 0 Å². The molecule has 0 aliphatic carbocycles. The first-order valence-corrected chi connectivity index (χ1v) is 17.3. The van der Waals surface area contributed by atoms with Gasteiger partial charge in [0.15, 0.2) is 11.6 Å². The minimum absolute atomic E-state index is 0.0454. The average Bonchev–Trinajstić information content (AvgIpc) is 3.50. The third-order valence-electron chi connectivity index (χ3n) is 9.47. The van der Waals surface area contributed by atoms with Gasteiger partial charge in [0.2, 0.25) is 17.7 Å². The molecule has 0 aromatic heterocycles. The molecule has 3 amide bonds. The predicted octanol–water partition coefficient (Wildman–Crippen LogP) is 5.36. The number of nitrogens with one attached hydrogen (secondary N) is 1. The minimum Gasteiger partial charge on any atom is -0.354 e. The van der Waals surface area contributed by atoms with Crippen LogP contribution in [0.5, 0.6) is 0 Å². The van der Waals surface area contributed by atoms with Crippen LogP contribution in [0.4, 0.5) is 8.78 Å². The summed E-state index contributed by atoms with van der Waals surface area (Å²) in [6.45, 7) is 5.13. The monoisotopic (exact) mass is 687 g/mol. The molecular weight excluding hydrogens is 636 g/mol. The summed E-state index contributed by atoms with van der Waals surface area (Å²) in [4.78, 5) is 46.7. The largest absolute Gasteiger partial charge is 0.354 e. The summed E-state index contributed by atoms with van der Waals surface area (Å²) in [6, 6.07) is 19.5. The fourth-order valence-electron chi connectivity index (χ4n) is 6.32. The molecule has 0 spiro atoms. The molecule has 1 unspecified atom stereocenters. The zero-order valence-corrected chi connectivity index (χ0v) is 29.9. The van der Waals surface area contributed by atoms with E-state index in [1.54, 1.807) is 13.1 Å². The standard InChI is InChI=1S/C40H51F2N5O3/c1-40(2,43)22-9-14-37(48)46(4)36(26-28-15-18-31(19-16-28)30-11-7-6-8-12-30)39(50)47(5)35(27-29-17-20-33(41)34(42)25-29)38(49)44-23-21-32-13-10-24-45(32)3/h6-9,11-12,14-20,25,32,35-36H,10,13,21-24,26-27,43H2,1-5H3,(H,44,49)/b14-9+/t32?,35-,36-/m1/s1. The van der Waals surface area contributed by atoms with Gasteiger partial charge >= 0.3 is 0 Å². The Balaban J connectivity index is 1.61. The topological polar surface area (TPSA) is 99.0 Å². The Labute approximate surface area is 295 Å². The zero-order valence-electron chi connectivity index (χ0n) is 29.9. The number of halogens is 2. The highest BCUT2D eigenvalue weighted by Gasteiger charge is 2.35. The number of benzene rings is 3. The number of amides is 3. The number of hydrogen-bond acceptors (Lipinski definition) is 5. The summed E-state index contributed by atoms with van der Waals surface area (Å²) in [5.41, 5.74) is 8.84. The van der Waals surface area contributed by atoms with E-state index in [0.29, 0.717) is 24.6 Å². The molecule has 50 heavy (non-hydrogen) atoms. The quantitative estimate of drug-likeness (QED) is 0.210. The Morgan fingerprint density at radius 3 is 2.18 bits per heavy atom. The van der Waals surface area contributed by atoms with E-state index in [-0.39, 0.29) is 18.7 Å². The third-order valence-corrected chi connectivity index (χ3v) is 9.47. The Kier molecular flexibility index (Phi) is 13.4. The summed E-state index contributed by atoms with van der Waals surface area (Å²) in [7, 11) is 5.16.